The van der Waals surface area contributed by atoms with E-state index >= 15 is 0 Å². The van der Waals surface area contributed by atoms with Gasteiger partial charge in [0, 0.05) is 30.4 Å². The van der Waals surface area contributed by atoms with Gasteiger partial charge in [-0.3, -0.25) is 9.59 Å². The van der Waals surface area contributed by atoms with E-state index in [0.717, 1.165) is 5.56 Å². The fourth-order valence-corrected chi connectivity index (χ4v) is 3.25. The van der Waals surface area contributed by atoms with Gasteiger partial charge in [0.15, 0.2) is 0 Å². The van der Waals surface area contributed by atoms with Gasteiger partial charge in [0.1, 0.15) is 6.04 Å². The Balaban J connectivity index is 1.58. The fourth-order valence-electron chi connectivity index (χ4n) is 3.25. The van der Waals surface area contributed by atoms with Gasteiger partial charge in [0.2, 0.25) is 5.91 Å². The molecule has 2 amide bonds. The van der Waals surface area contributed by atoms with Crippen LogP contribution in [0.3, 0.4) is 0 Å². The van der Waals surface area contributed by atoms with Crippen LogP contribution < -0.4 is 16.2 Å². The standard InChI is InChI=1S/C21H26N4O2/c1-3-25(4-2)21(27)16-10-12-17(13-11-16)22-20(26)19-14-18(23-24-19)15-8-6-5-7-9-15/h5-13,18-19,23-24H,3-4,14H2,1-2H3,(H,22,26). The Hall–Kier alpha value is -2.70. The monoisotopic (exact) mass is 366 g/mol. The van der Waals surface area contributed by atoms with Crippen molar-refractivity contribution in [3.05, 3.63) is 65.7 Å². The van der Waals surface area contributed by atoms with E-state index in [1.807, 2.05) is 44.2 Å². The second kappa shape index (κ2) is 8.79. The van der Waals surface area contributed by atoms with Gasteiger partial charge >= 0.3 is 0 Å². The van der Waals surface area contributed by atoms with Crippen molar-refractivity contribution in [1.29, 1.82) is 0 Å². The minimum atomic E-state index is -0.313. The molecule has 1 heterocycles. The van der Waals surface area contributed by atoms with Crippen molar-refractivity contribution in [2.24, 2.45) is 0 Å². The largest absolute Gasteiger partial charge is 0.339 e. The van der Waals surface area contributed by atoms with E-state index in [1.165, 1.54) is 0 Å². The predicted octanol–water partition coefficient (Wildman–Crippen LogP) is 2.71. The first-order valence-electron chi connectivity index (χ1n) is 9.38. The molecule has 27 heavy (non-hydrogen) atoms. The second-order valence-electron chi connectivity index (χ2n) is 6.58. The number of carbonyl (C=O) groups excluding carboxylic acids is 2. The van der Waals surface area contributed by atoms with Gasteiger partial charge in [0.05, 0.1) is 0 Å². The number of rotatable bonds is 6. The molecule has 2 aromatic rings. The van der Waals surface area contributed by atoms with Crippen LogP contribution in [0, 0.1) is 0 Å². The predicted molar refractivity (Wildman–Crippen MR) is 106 cm³/mol. The lowest BCUT2D eigenvalue weighted by Gasteiger charge is -2.18. The van der Waals surface area contributed by atoms with Crippen LogP contribution >= 0.6 is 0 Å². The summed E-state index contributed by atoms with van der Waals surface area (Å²) in [5.41, 5.74) is 8.70. The Morgan fingerprint density at radius 2 is 1.67 bits per heavy atom. The molecule has 3 rings (SSSR count). The first-order valence-corrected chi connectivity index (χ1v) is 9.38. The lowest BCUT2D eigenvalue weighted by atomic mass is 10.0. The molecule has 2 atom stereocenters. The zero-order valence-corrected chi connectivity index (χ0v) is 15.7. The van der Waals surface area contributed by atoms with E-state index in [0.29, 0.717) is 30.8 Å². The number of nitrogens with one attached hydrogen (secondary N) is 3. The number of amides is 2. The van der Waals surface area contributed by atoms with Crippen molar-refractivity contribution < 1.29 is 9.59 Å². The maximum absolute atomic E-state index is 12.5. The van der Waals surface area contributed by atoms with Crippen LogP contribution in [-0.4, -0.2) is 35.8 Å². The van der Waals surface area contributed by atoms with E-state index in [1.54, 1.807) is 29.2 Å². The summed E-state index contributed by atoms with van der Waals surface area (Å²) >= 11 is 0. The summed E-state index contributed by atoms with van der Waals surface area (Å²) in [7, 11) is 0. The first-order chi connectivity index (χ1) is 13.1. The highest BCUT2D eigenvalue weighted by Gasteiger charge is 2.30. The van der Waals surface area contributed by atoms with Crippen molar-refractivity contribution in [3.63, 3.8) is 0 Å². The maximum Gasteiger partial charge on any atom is 0.253 e. The molecule has 6 heteroatoms. The fraction of sp³-hybridized carbons (Fsp3) is 0.333. The Labute approximate surface area is 159 Å². The lowest BCUT2D eigenvalue weighted by Crippen LogP contribution is -2.39. The van der Waals surface area contributed by atoms with Crippen LogP contribution in [0.5, 0.6) is 0 Å². The number of hydrogen-bond acceptors (Lipinski definition) is 4. The second-order valence-corrected chi connectivity index (χ2v) is 6.58. The molecule has 142 valence electrons. The summed E-state index contributed by atoms with van der Waals surface area (Å²) in [5, 5.41) is 2.91. The number of nitrogens with zero attached hydrogens (tertiary/aromatic N) is 1. The van der Waals surface area contributed by atoms with Crippen molar-refractivity contribution in [2.45, 2.75) is 32.4 Å². The minimum Gasteiger partial charge on any atom is -0.339 e. The summed E-state index contributed by atoms with van der Waals surface area (Å²) < 4.78 is 0. The topological polar surface area (TPSA) is 73.5 Å². The summed E-state index contributed by atoms with van der Waals surface area (Å²) in [4.78, 5) is 26.6. The highest BCUT2D eigenvalue weighted by Crippen LogP contribution is 2.22. The van der Waals surface area contributed by atoms with E-state index in [-0.39, 0.29) is 23.9 Å². The summed E-state index contributed by atoms with van der Waals surface area (Å²) in [6.07, 6.45) is 0.675. The molecule has 0 aliphatic carbocycles. The Bertz CT molecular complexity index is 773. The summed E-state index contributed by atoms with van der Waals surface area (Å²) in [6.45, 7) is 5.27. The molecule has 1 aliphatic rings. The van der Waals surface area contributed by atoms with Crippen LogP contribution in [-0.2, 0) is 4.79 Å². The van der Waals surface area contributed by atoms with Gasteiger partial charge in [-0.15, -0.1) is 0 Å². The number of carbonyl (C=O) groups is 2. The highest BCUT2D eigenvalue weighted by molar-refractivity contribution is 5.97. The third-order valence-corrected chi connectivity index (χ3v) is 4.87. The molecule has 0 bridgehead atoms. The average molecular weight is 366 g/mol. The molecule has 2 unspecified atom stereocenters. The van der Waals surface area contributed by atoms with Gasteiger partial charge in [-0.25, -0.2) is 10.9 Å². The molecule has 3 N–H and O–H groups in total. The first kappa shape index (κ1) is 19.1. The third kappa shape index (κ3) is 4.53. The molecule has 1 fully saturated rings. The quantitative estimate of drug-likeness (QED) is 0.735. The van der Waals surface area contributed by atoms with Crippen molar-refractivity contribution >= 4 is 17.5 Å². The van der Waals surface area contributed by atoms with Crippen LogP contribution in [0.15, 0.2) is 54.6 Å². The van der Waals surface area contributed by atoms with Crippen molar-refractivity contribution in [2.75, 3.05) is 18.4 Å². The molecule has 1 aliphatic heterocycles. The highest BCUT2D eigenvalue weighted by atomic mass is 16.2. The Morgan fingerprint density at radius 1 is 1.00 bits per heavy atom. The van der Waals surface area contributed by atoms with Gasteiger partial charge < -0.3 is 10.2 Å². The molecule has 0 aromatic heterocycles. The van der Waals surface area contributed by atoms with Gasteiger partial charge in [-0.2, -0.15) is 0 Å². The third-order valence-electron chi connectivity index (χ3n) is 4.87. The molecule has 2 aromatic carbocycles. The molecular formula is C21H26N4O2. The van der Waals surface area contributed by atoms with Gasteiger partial charge in [0.25, 0.3) is 5.91 Å². The zero-order chi connectivity index (χ0) is 19.2. The minimum absolute atomic E-state index is 0.00485. The zero-order valence-electron chi connectivity index (χ0n) is 15.7. The van der Waals surface area contributed by atoms with Crippen molar-refractivity contribution in [1.82, 2.24) is 15.8 Å². The number of benzene rings is 2. The number of anilines is 1. The van der Waals surface area contributed by atoms with Crippen LogP contribution in [0.25, 0.3) is 0 Å². The molecule has 6 nitrogen and oxygen atoms in total. The number of hydrazine groups is 1. The lowest BCUT2D eigenvalue weighted by molar-refractivity contribution is -0.117. The SMILES string of the molecule is CCN(CC)C(=O)c1ccc(NC(=O)C2CC(c3ccccc3)NN2)cc1. The van der Waals surface area contributed by atoms with Gasteiger partial charge in [-0.1, -0.05) is 30.3 Å². The molecular weight excluding hydrogens is 340 g/mol. The normalized spacial score (nSPS) is 18.9. The van der Waals surface area contributed by atoms with E-state index in [2.05, 4.69) is 16.2 Å². The van der Waals surface area contributed by atoms with E-state index in [4.69, 9.17) is 0 Å². The molecule has 1 saturated heterocycles. The van der Waals surface area contributed by atoms with Crippen LogP contribution in [0.4, 0.5) is 5.69 Å². The van der Waals surface area contributed by atoms with Crippen LogP contribution in [0.1, 0.15) is 42.2 Å². The van der Waals surface area contributed by atoms with Crippen LogP contribution in [0.2, 0.25) is 0 Å². The average Bonchev–Trinajstić information content (AvgIpc) is 3.20. The molecule has 0 saturated carbocycles. The Kier molecular flexibility index (Phi) is 6.21. The smallest absolute Gasteiger partial charge is 0.253 e. The maximum atomic E-state index is 12.5. The molecule has 0 spiro atoms. The van der Waals surface area contributed by atoms with E-state index in [9.17, 15) is 9.59 Å². The Morgan fingerprint density at radius 3 is 2.30 bits per heavy atom. The van der Waals surface area contributed by atoms with E-state index < -0.39 is 0 Å². The van der Waals surface area contributed by atoms with Crippen molar-refractivity contribution in [3.8, 4) is 0 Å². The molecule has 0 radical (unpaired) electrons. The number of hydrogen-bond donors (Lipinski definition) is 3. The summed E-state index contributed by atoms with van der Waals surface area (Å²) in [6, 6.07) is 16.9. The summed E-state index contributed by atoms with van der Waals surface area (Å²) in [5.74, 6) is -0.0889. The van der Waals surface area contributed by atoms with Gasteiger partial charge in [-0.05, 0) is 50.1 Å².